The van der Waals surface area contributed by atoms with Crippen LogP contribution in [-0.4, -0.2) is 25.2 Å². The van der Waals surface area contributed by atoms with E-state index in [4.69, 9.17) is 4.74 Å². The van der Waals surface area contributed by atoms with Crippen molar-refractivity contribution in [2.24, 2.45) is 0 Å². The van der Waals surface area contributed by atoms with Crippen LogP contribution in [0.5, 0.6) is 5.75 Å². The lowest BCUT2D eigenvalue weighted by Gasteiger charge is -2.56. The lowest BCUT2D eigenvalue weighted by atomic mass is 9.73. The van der Waals surface area contributed by atoms with Crippen molar-refractivity contribution in [3.05, 3.63) is 18.2 Å². The first-order chi connectivity index (χ1) is 8.68. The molecule has 1 aromatic carbocycles. The van der Waals surface area contributed by atoms with E-state index < -0.39 is 0 Å². The van der Waals surface area contributed by atoms with E-state index in [1.807, 2.05) is 6.07 Å². The van der Waals surface area contributed by atoms with Crippen molar-refractivity contribution < 1.29 is 4.74 Å². The van der Waals surface area contributed by atoms with Crippen LogP contribution >= 0.6 is 0 Å². The summed E-state index contributed by atoms with van der Waals surface area (Å²) in [4.78, 5) is 2.60. The van der Waals surface area contributed by atoms with Gasteiger partial charge < -0.3 is 15.0 Å². The summed E-state index contributed by atoms with van der Waals surface area (Å²) in [6, 6.07) is 6.86. The fourth-order valence-electron chi connectivity index (χ4n) is 3.49. The predicted molar refractivity (Wildman–Crippen MR) is 75.7 cm³/mol. The number of ether oxygens (including phenoxy) is 1. The smallest absolute Gasteiger partial charge is 0.144 e. The maximum absolute atomic E-state index is 5.47. The number of fused-ring (bicyclic) bond motifs is 1. The van der Waals surface area contributed by atoms with Crippen molar-refractivity contribution in [1.29, 1.82) is 0 Å². The Hall–Kier alpha value is -1.38. The number of rotatable bonds is 2. The quantitative estimate of drug-likeness (QED) is 0.867. The van der Waals surface area contributed by atoms with Crippen LogP contribution in [-0.2, 0) is 0 Å². The lowest BCUT2D eigenvalue weighted by molar-refractivity contribution is 0.226. The molecule has 98 valence electrons. The second kappa shape index (κ2) is 4.08. The molecule has 3 heteroatoms. The van der Waals surface area contributed by atoms with Gasteiger partial charge in [-0.15, -0.1) is 0 Å². The Kier molecular flexibility index (Phi) is 2.65. The second-order valence-corrected chi connectivity index (χ2v) is 5.75. The number of hydrogen-bond acceptors (Lipinski definition) is 3. The standard InChI is InChI=1S/C15H22N2O/c1-11(2)17-12-6-4-7-13(18-3)14(12)16-10-15(17)8-5-9-15/h4,6-7,11,16H,5,8-10H2,1-3H3. The molecule has 2 aliphatic rings. The molecular formula is C15H22N2O. The maximum atomic E-state index is 5.47. The van der Waals surface area contributed by atoms with E-state index in [1.165, 1.54) is 24.9 Å². The van der Waals surface area contributed by atoms with Crippen LogP contribution in [0.25, 0.3) is 0 Å². The van der Waals surface area contributed by atoms with Gasteiger partial charge >= 0.3 is 0 Å². The summed E-state index contributed by atoms with van der Waals surface area (Å²) < 4.78 is 5.47. The highest BCUT2D eigenvalue weighted by atomic mass is 16.5. The summed E-state index contributed by atoms with van der Waals surface area (Å²) in [6.07, 6.45) is 3.95. The van der Waals surface area contributed by atoms with Gasteiger partial charge in [0.25, 0.3) is 0 Å². The fraction of sp³-hybridized carbons (Fsp3) is 0.600. The molecule has 1 spiro atoms. The monoisotopic (exact) mass is 246 g/mol. The Labute approximate surface area is 109 Å². The predicted octanol–water partition coefficient (Wildman–Crippen LogP) is 3.26. The van der Waals surface area contributed by atoms with E-state index in [9.17, 15) is 0 Å². The molecule has 0 aromatic heterocycles. The van der Waals surface area contributed by atoms with Crippen LogP contribution in [0, 0.1) is 0 Å². The van der Waals surface area contributed by atoms with E-state index in [2.05, 4.69) is 36.2 Å². The van der Waals surface area contributed by atoms with Crippen LogP contribution in [0.15, 0.2) is 18.2 Å². The topological polar surface area (TPSA) is 24.5 Å². The Balaban J connectivity index is 2.08. The van der Waals surface area contributed by atoms with Crippen LogP contribution in [0.2, 0.25) is 0 Å². The molecule has 1 aliphatic heterocycles. The molecule has 18 heavy (non-hydrogen) atoms. The molecule has 0 atom stereocenters. The third kappa shape index (κ3) is 1.49. The molecule has 3 nitrogen and oxygen atoms in total. The van der Waals surface area contributed by atoms with E-state index in [0.29, 0.717) is 11.6 Å². The summed E-state index contributed by atoms with van der Waals surface area (Å²) >= 11 is 0. The molecular weight excluding hydrogens is 224 g/mol. The average molecular weight is 246 g/mol. The summed E-state index contributed by atoms with van der Waals surface area (Å²) in [5.41, 5.74) is 2.80. The SMILES string of the molecule is COc1cccc2c1NCC1(CCC1)N2C(C)C. The number of methoxy groups -OCH3 is 1. The Morgan fingerprint density at radius 1 is 1.33 bits per heavy atom. The van der Waals surface area contributed by atoms with E-state index in [0.717, 1.165) is 18.0 Å². The summed E-state index contributed by atoms with van der Waals surface area (Å²) in [5.74, 6) is 0.951. The zero-order valence-electron chi connectivity index (χ0n) is 11.5. The van der Waals surface area contributed by atoms with Gasteiger partial charge in [-0.3, -0.25) is 0 Å². The number of benzene rings is 1. The summed E-state index contributed by atoms with van der Waals surface area (Å²) in [5, 5.41) is 3.59. The lowest BCUT2D eigenvalue weighted by Crippen LogP contribution is -2.62. The van der Waals surface area contributed by atoms with E-state index in [-0.39, 0.29) is 0 Å². The van der Waals surface area contributed by atoms with E-state index in [1.54, 1.807) is 7.11 Å². The van der Waals surface area contributed by atoms with Gasteiger partial charge in [0.05, 0.1) is 18.3 Å². The van der Waals surface area contributed by atoms with Gasteiger partial charge in [0.1, 0.15) is 11.4 Å². The average Bonchev–Trinajstić information content (AvgIpc) is 2.34. The number of hydrogen-bond donors (Lipinski definition) is 1. The molecule has 0 bridgehead atoms. The number of nitrogens with zero attached hydrogens (tertiary/aromatic N) is 1. The van der Waals surface area contributed by atoms with Crippen LogP contribution in [0.4, 0.5) is 11.4 Å². The van der Waals surface area contributed by atoms with Gasteiger partial charge in [0.15, 0.2) is 0 Å². The zero-order valence-corrected chi connectivity index (χ0v) is 11.5. The molecule has 1 saturated carbocycles. The van der Waals surface area contributed by atoms with Crippen LogP contribution in [0.1, 0.15) is 33.1 Å². The second-order valence-electron chi connectivity index (χ2n) is 5.75. The molecule has 0 unspecified atom stereocenters. The highest BCUT2D eigenvalue weighted by Gasteiger charge is 2.46. The maximum Gasteiger partial charge on any atom is 0.144 e. The van der Waals surface area contributed by atoms with Crippen LogP contribution in [0.3, 0.4) is 0 Å². The number of para-hydroxylation sites is 1. The molecule has 3 rings (SSSR count). The van der Waals surface area contributed by atoms with Crippen molar-refractivity contribution in [2.45, 2.75) is 44.7 Å². The zero-order chi connectivity index (χ0) is 12.8. The Morgan fingerprint density at radius 3 is 2.67 bits per heavy atom. The minimum atomic E-state index is 0.341. The minimum absolute atomic E-state index is 0.341. The van der Waals surface area contributed by atoms with Crippen molar-refractivity contribution in [3.8, 4) is 5.75 Å². The summed E-state index contributed by atoms with van der Waals surface area (Å²) in [6.45, 7) is 5.61. The largest absolute Gasteiger partial charge is 0.495 e. The molecule has 1 fully saturated rings. The molecule has 1 aromatic rings. The molecule has 0 saturated heterocycles. The van der Waals surface area contributed by atoms with Crippen molar-refractivity contribution in [3.63, 3.8) is 0 Å². The van der Waals surface area contributed by atoms with E-state index >= 15 is 0 Å². The first-order valence-electron chi connectivity index (χ1n) is 6.88. The third-order valence-corrected chi connectivity index (χ3v) is 4.39. The fourth-order valence-corrected chi connectivity index (χ4v) is 3.49. The first kappa shape index (κ1) is 11.7. The molecule has 1 heterocycles. The Bertz CT molecular complexity index is 452. The van der Waals surface area contributed by atoms with Crippen LogP contribution < -0.4 is 15.0 Å². The first-order valence-corrected chi connectivity index (χ1v) is 6.88. The van der Waals surface area contributed by atoms with Crippen molar-refractivity contribution in [1.82, 2.24) is 0 Å². The normalized spacial score (nSPS) is 20.3. The minimum Gasteiger partial charge on any atom is -0.495 e. The number of nitrogens with one attached hydrogen (secondary N) is 1. The van der Waals surface area contributed by atoms with Crippen molar-refractivity contribution in [2.75, 3.05) is 23.9 Å². The van der Waals surface area contributed by atoms with Crippen molar-refractivity contribution >= 4 is 11.4 Å². The van der Waals surface area contributed by atoms with Gasteiger partial charge in [0, 0.05) is 12.6 Å². The number of anilines is 2. The molecule has 1 aliphatic carbocycles. The van der Waals surface area contributed by atoms with Gasteiger partial charge in [0.2, 0.25) is 0 Å². The Morgan fingerprint density at radius 2 is 2.11 bits per heavy atom. The van der Waals surface area contributed by atoms with Gasteiger partial charge in [-0.25, -0.2) is 0 Å². The molecule has 0 radical (unpaired) electrons. The van der Waals surface area contributed by atoms with Gasteiger partial charge in [-0.2, -0.15) is 0 Å². The highest BCUT2D eigenvalue weighted by Crippen LogP contribution is 2.49. The third-order valence-electron chi connectivity index (χ3n) is 4.39. The van der Waals surface area contributed by atoms with Gasteiger partial charge in [-0.1, -0.05) is 6.07 Å². The highest BCUT2D eigenvalue weighted by molar-refractivity contribution is 5.80. The molecule has 0 amide bonds. The summed E-state index contributed by atoms with van der Waals surface area (Å²) in [7, 11) is 1.74. The van der Waals surface area contributed by atoms with Gasteiger partial charge in [-0.05, 0) is 45.2 Å². The molecule has 1 N–H and O–H groups in total.